The number of imidazole rings is 1. The van der Waals surface area contributed by atoms with Crippen molar-refractivity contribution in [3.63, 3.8) is 0 Å². The molecule has 0 N–H and O–H groups in total. The van der Waals surface area contributed by atoms with Crippen LogP contribution < -0.4 is 0 Å². The molecule has 0 atom stereocenters. The van der Waals surface area contributed by atoms with Crippen LogP contribution in [0.3, 0.4) is 0 Å². The van der Waals surface area contributed by atoms with Crippen molar-refractivity contribution in [2.45, 2.75) is 0 Å². The van der Waals surface area contributed by atoms with Gasteiger partial charge in [-0.1, -0.05) is 11.6 Å². The number of nitrogens with zero attached hydrogens (tertiary/aromatic N) is 3. The van der Waals surface area contributed by atoms with Gasteiger partial charge in [0.2, 0.25) is 0 Å². The van der Waals surface area contributed by atoms with Gasteiger partial charge in [0.05, 0.1) is 6.33 Å². The van der Waals surface area contributed by atoms with Crippen molar-refractivity contribution in [1.29, 1.82) is 5.26 Å². The lowest BCUT2D eigenvalue weighted by molar-refractivity contribution is 0.631. The SMILES string of the molecule is Cn1cnc(-c2cc(Cl)ccc2F)c1C#N. The predicted molar refractivity (Wildman–Crippen MR) is 58.3 cm³/mol. The monoisotopic (exact) mass is 235 g/mol. The summed E-state index contributed by atoms with van der Waals surface area (Å²) in [6, 6.07) is 6.15. The van der Waals surface area contributed by atoms with E-state index in [1.807, 2.05) is 6.07 Å². The van der Waals surface area contributed by atoms with Gasteiger partial charge in [0.25, 0.3) is 0 Å². The van der Waals surface area contributed by atoms with Gasteiger partial charge in [0.1, 0.15) is 23.3 Å². The molecular weight excluding hydrogens is 229 g/mol. The molecule has 0 saturated carbocycles. The maximum Gasteiger partial charge on any atom is 0.147 e. The topological polar surface area (TPSA) is 41.6 Å². The molecule has 3 nitrogen and oxygen atoms in total. The van der Waals surface area contributed by atoms with E-state index in [2.05, 4.69) is 4.98 Å². The van der Waals surface area contributed by atoms with E-state index in [4.69, 9.17) is 16.9 Å². The highest BCUT2D eigenvalue weighted by Gasteiger charge is 2.14. The molecule has 0 aliphatic carbocycles. The lowest BCUT2D eigenvalue weighted by Gasteiger charge is -2.01. The number of aryl methyl sites for hydroxylation is 1. The van der Waals surface area contributed by atoms with Gasteiger partial charge in [0, 0.05) is 17.6 Å². The molecule has 5 heteroatoms. The van der Waals surface area contributed by atoms with Crippen LogP contribution >= 0.6 is 11.6 Å². The smallest absolute Gasteiger partial charge is 0.147 e. The normalized spacial score (nSPS) is 10.1. The highest BCUT2D eigenvalue weighted by Crippen LogP contribution is 2.26. The maximum absolute atomic E-state index is 13.6. The predicted octanol–water partition coefficient (Wildman–Crippen LogP) is 2.75. The van der Waals surface area contributed by atoms with Gasteiger partial charge >= 0.3 is 0 Å². The van der Waals surface area contributed by atoms with E-state index < -0.39 is 5.82 Å². The van der Waals surface area contributed by atoms with E-state index in [-0.39, 0.29) is 5.56 Å². The standard InChI is InChI=1S/C11H7ClFN3/c1-16-6-15-11(10(16)5-14)8-4-7(12)2-3-9(8)13/h2-4,6H,1H3. The number of hydrogen-bond donors (Lipinski definition) is 0. The van der Waals surface area contributed by atoms with Crippen molar-refractivity contribution in [3.05, 3.63) is 41.1 Å². The van der Waals surface area contributed by atoms with Crippen molar-refractivity contribution < 1.29 is 4.39 Å². The molecule has 16 heavy (non-hydrogen) atoms. The fraction of sp³-hybridized carbons (Fsp3) is 0.0909. The van der Waals surface area contributed by atoms with Crippen molar-refractivity contribution >= 4 is 11.6 Å². The maximum atomic E-state index is 13.6. The molecule has 0 unspecified atom stereocenters. The second-order valence-corrected chi connectivity index (χ2v) is 3.73. The van der Waals surface area contributed by atoms with Crippen LogP contribution in [0.4, 0.5) is 4.39 Å². The molecule has 0 aliphatic heterocycles. The molecular formula is C11H7ClFN3. The Hall–Kier alpha value is -1.86. The molecule has 0 amide bonds. The summed E-state index contributed by atoms with van der Waals surface area (Å²) in [6.45, 7) is 0. The van der Waals surface area contributed by atoms with Crippen LogP contribution in [-0.4, -0.2) is 9.55 Å². The fourth-order valence-electron chi connectivity index (χ4n) is 1.44. The summed E-state index contributed by atoms with van der Waals surface area (Å²) in [5, 5.41) is 9.35. The summed E-state index contributed by atoms with van der Waals surface area (Å²) in [5.74, 6) is -0.445. The van der Waals surface area contributed by atoms with Crippen LogP contribution in [0.15, 0.2) is 24.5 Å². The largest absolute Gasteiger partial charge is 0.325 e. The molecule has 0 bridgehead atoms. The van der Waals surface area contributed by atoms with Gasteiger partial charge in [-0.25, -0.2) is 9.37 Å². The fourth-order valence-corrected chi connectivity index (χ4v) is 1.61. The van der Waals surface area contributed by atoms with Crippen LogP contribution in [0.5, 0.6) is 0 Å². The third kappa shape index (κ3) is 1.66. The Kier molecular flexibility index (Phi) is 2.63. The minimum atomic E-state index is -0.445. The first-order valence-corrected chi connectivity index (χ1v) is 4.88. The Morgan fingerprint density at radius 2 is 2.25 bits per heavy atom. The second-order valence-electron chi connectivity index (χ2n) is 3.29. The number of hydrogen-bond acceptors (Lipinski definition) is 2. The van der Waals surface area contributed by atoms with Crippen molar-refractivity contribution in [2.75, 3.05) is 0 Å². The Labute approximate surface area is 96.7 Å². The van der Waals surface area contributed by atoms with Crippen LogP contribution in [0.1, 0.15) is 5.69 Å². The summed E-state index contributed by atoms with van der Waals surface area (Å²) in [4.78, 5) is 4.00. The number of halogens is 2. The van der Waals surface area contributed by atoms with Crippen LogP contribution in [0.2, 0.25) is 5.02 Å². The average Bonchev–Trinajstić information content (AvgIpc) is 2.63. The Balaban J connectivity index is 2.68. The third-order valence-electron chi connectivity index (χ3n) is 2.23. The minimum Gasteiger partial charge on any atom is -0.325 e. The zero-order valence-electron chi connectivity index (χ0n) is 8.41. The molecule has 2 rings (SSSR count). The zero-order valence-corrected chi connectivity index (χ0v) is 9.16. The first-order valence-electron chi connectivity index (χ1n) is 4.50. The summed E-state index contributed by atoms with van der Waals surface area (Å²) in [7, 11) is 1.68. The van der Waals surface area contributed by atoms with Crippen LogP contribution in [0, 0.1) is 17.1 Å². The van der Waals surface area contributed by atoms with Gasteiger partial charge < -0.3 is 4.57 Å². The zero-order chi connectivity index (χ0) is 11.7. The Morgan fingerprint density at radius 3 is 2.94 bits per heavy atom. The minimum absolute atomic E-state index is 0.240. The summed E-state index contributed by atoms with van der Waals surface area (Å²) >= 11 is 5.78. The van der Waals surface area contributed by atoms with Gasteiger partial charge in [-0.15, -0.1) is 0 Å². The first-order chi connectivity index (χ1) is 7.63. The van der Waals surface area contributed by atoms with Crippen molar-refractivity contribution in [2.24, 2.45) is 7.05 Å². The molecule has 0 spiro atoms. The van der Waals surface area contributed by atoms with E-state index in [9.17, 15) is 4.39 Å². The van der Waals surface area contributed by atoms with Crippen molar-refractivity contribution in [3.8, 4) is 17.3 Å². The highest BCUT2D eigenvalue weighted by atomic mass is 35.5. The number of nitriles is 1. The van der Waals surface area contributed by atoms with Gasteiger partial charge in [-0.05, 0) is 18.2 Å². The quantitative estimate of drug-likeness (QED) is 0.763. The molecule has 0 fully saturated rings. The summed E-state index contributed by atoms with van der Waals surface area (Å²) < 4.78 is 15.1. The van der Waals surface area contributed by atoms with Crippen molar-refractivity contribution in [1.82, 2.24) is 9.55 Å². The molecule has 1 aromatic carbocycles. The first kappa shape index (κ1) is 10.7. The van der Waals surface area contributed by atoms with E-state index in [0.717, 1.165) is 0 Å². The van der Waals surface area contributed by atoms with Crippen LogP contribution in [-0.2, 0) is 7.05 Å². The highest BCUT2D eigenvalue weighted by molar-refractivity contribution is 6.30. The molecule has 0 saturated heterocycles. The van der Waals surface area contributed by atoms with Crippen LogP contribution in [0.25, 0.3) is 11.3 Å². The lowest BCUT2D eigenvalue weighted by Crippen LogP contribution is -1.92. The van der Waals surface area contributed by atoms with E-state index in [0.29, 0.717) is 16.4 Å². The number of aromatic nitrogens is 2. The van der Waals surface area contributed by atoms with Gasteiger partial charge in [0.15, 0.2) is 0 Å². The molecule has 2 aromatic rings. The Morgan fingerprint density at radius 1 is 1.50 bits per heavy atom. The average molecular weight is 236 g/mol. The molecule has 1 aromatic heterocycles. The van der Waals surface area contributed by atoms with E-state index in [1.54, 1.807) is 7.05 Å². The molecule has 0 radical (unpaired) electrons. The van der Waals surface area contributed by atoms with E-state index >= 15 is 0 Å². The number of benzene rings is 1. The lowest BCUT2D eigenvalue weighted by atomic mass is 10.1. The third-order valence-corrected chi connectivity index (χ3v) is 2.46. The van der Waals surface area contributed by atoms with Gasteiger partial charge in [-0.3, -0.25) is 0 Å². The number of rotatable bonds is 1. The second kappa shape index (κ2) is 3.95. The molecule has 1 heterocycles. The van der Waals surface area contributed by atoms with Gasteiger partial charge in [-0.2, -0.15) is 5.26 Å². The summed E-state index contributed by atoms with van der Waals surface area (Å²) in [6.07, 6.45) is 1.47. The molecule has 0 aliphatic rings. The summed E-state index contributed by atoms with van der Waals surface area (Å²) in [5.41, 5.74) is 0.857. The van der Waals surface area contributed by atoms with E-state index in [1.165, 1.54) is 29.1 Å². The Bertz CT molecular complexity index is 583. The molecule has 80 valence electrons.